The molecule has 0 heterocycles. The van der Waals surface area contributed by atoms with Crippen molar-refractivity contribution in [3.8, 4) is 11.8 Å². The molecule has 0 bridgehead atoms. The Kier molecular flexibility index (Phi) is 5.66. The van der Waals surface area contributed by atoms with E-state index in [-0.39, 0.29) is 13.2 Å². The van der Waals surface area contributed by atoms with Crippen molar-refractivity contribution in [2.75, 3.05) is 13.2 Å². The van der Waals surface area contributed by atoms with Crippen LogP contribution in [0.3, 0.4) is 0 Å². The van der Waals surface area contributed by atoms with E-state index in [2.05, 4.69) is 11.8 Å². The van der Waals surface area contributed by atoms with E-state index in [1.807, 2.05) is 24.3 Å². The number of halogens is 1. The molecule has 0 saturated heterocycles. The molecule has 1 aromatic rings. The third kappa shape index (κ3) is 4.50. The van der Waals surface area contributed by atoms with E-state index >= 15 is 0 Å². The Hall–Kier alpha value is -1.27. The highest BCUT2D eigenvalue weighted by Gasteiger charge is 1.98. The molecule has 0 saturated carbocycles. The standard InChI is InChI=1S/C13H13ClO2/c14-13-6-4-11(5-7-13)9-12(10-16)3-1-2-8-15/h3-7,15-16H,8-10H2/b12-3+. The summed E-state index contributed by atoms with van der Waals surface area (Å²) in [7, 11) is 0. The molecule has 0 aliphatic heterocycles. The molecule has 0 atom stereocenters. The van der Waals surface area contributed by atoms with E-state index in [0.29, 0.717) is 11.4 Å². The van der Waals surface area contributed by atoms with E-state index in [9.17, 15) is 0 Å². The van der Waals surface area contributed by atoms with Crippen molar-refractivity contribution >= 4 is 11.6 Å². The van der Waals surface area contributed by atoms with Gasteiger partial charge in [-0.05, 0) is 35.8 Å². The molecule has 0 radical (unpaired) electrons. The second kappa shape index (κ2) is 7.08. The number of rotatable bonds is 3. The molecule has 0 spiro atoms. The Morgan fingerprint density at radius 2 is 1.94 bits per heavy atom. The third-order valence-corrected chi connectivity index (χ3v) is 2.26. The average molecular weight is 237 g/mol. The molecule has 3 heteroatoms. The highest BCUT2D eigenvalue weighted by molar-refractivity contribution is 6.30. The molecule has 0 aliphatic carbocycles. The molecule has 2 N–H and O–H groups in total. The predicted molar refractivity (Wildman–Crippen MR) is 65.2 cm³/mol. The third-order valence-electron chi connectivity index (χ3n) is 2.00. The molecule has 84 valence electrons. The minimum absolute atomic E-state index is 0.0390. The minimum Gasteiger partial charge on any atom is -0.392 e. The van der Waals surface area contributed by atoms with Crippen molar-refractivity contribution in [3.05, 3.63) is 46.5 Å². The van der Waals surface area contributed by atoms with Crippen LogP contribution < -0.4 is 0 Å². The van der Waals surface area contributed by atoms with E-state index in [1.165, 1.54) is 0 Å². The molecule has 0 amide bonds. The second-order valence-electron chi connectivity index (χ2n) is 3.24. The number of allylic oxidation sites excluding steroid dienone is 1. The van der Waals surface area contributed by atoms with Gasteiger partial charge in [-0.1, -0.05) is 35.6 Å². The maximum absolute atomic E-state index is 9.12. The highest BCUT2D eigenvalue weighted by atomic mass is 35.5. The van der Waals surface area contributed by atoms with Gasteiger partial charge in [0.15, 0.2) is 0 Å². The van der Waals surface area contributed by atoms with Crippen LogP contribution >= 0.6 is 11.6 Å². The average Bonchev–Trinajstić information content (AvgIpc) is 2.31. The van der Waals surface area contributed by atoms with Crippen LogP contribution in [0, 0.1) is 11.8 Å². The Bertz CT molecular complexity index is 410. The lowest BCUT2D eigenvalue weighted by Crippen LogP contribution is -1.95. The fourth-order valence-electron chi connectivity index (χ4n) is 1.22. The zero-order valence-electron chi connectivity index (χ0n) is 8.78. The fourth-order valence-corrected chi connectivity index (χ4v) is 1.34. The Balaban J connectivity index is 2.70. The zero-order valence-corrected chi connectivity index (χ0v) is 9.54. The topological polar surface area (TPSA) is 40.5 Å². The van der Waals surface area contributed by atoms with Crippen LogP contribution in [-0.2, 0) is 6.42 Å². The molecule has 0 aliphatic rings. The molecule has 0 fully saturated rings. The van der Waals surface area contributed by atoms with Gasteiger partial charge in [0.05, 0.1) is 6.61 Å². The van der Waals surface area contributed by atoms with Gasteiger partial charge < -0.3 is 10.2 Å². The van der Waals surface area contributed by atoms with Gasteiger partial charge in [0.25, 0.3) is 0 Å². The Morgan fingerprint density at radius 3 is 2.50 bits per heavy atom. The van der Waals surface area contributed by atoms with Crippen molar-refractivity contribution in [2.45, 2.75) is 6.42 Å². The molecule has 2 nitrogen and oxygen atoms in total. The van der Waals surface area contributed by atoms with Crippen LogP contribution in [0.2, 0.25) is 5.02 Å². The van der Waals surface area contributed by atoms with Crippen LogP contribution in [-0.4, -0.2) is 23.4 Å². The summed E-state index contributed by atoms with van der Waals surface area (Å²) in [6, 6.07) is 7.44. The summed E-state index contributed by atoms with van der Waals surface area (Å²) >= 11 is 5.77. The van der Waals surface area contributed by atoms with Crippen LogP contribution in [0.25, 0.3) is 0 Å². The van der Waals surface area contributed by atoms with Gasteiger partial charge in [-0.15, -0.1) is 0 Å². The van der Waals surface area contributed by atoms with Crippen LogP contribution in [0.15, 0.2) is 35.9 Å². The summed E-state index contributed by atoms with van der Waals surface area (Å²) in [5.74, 6) is 5.17. The van der Waals surface area contributed by atoms with Crippen molar-refractivity contribution in [2.24, 2.45) is 0 Å². The van der Waals surface area contributed by atoms with Gasteiger partial charge >= 0.3 is 0 Å². The fraction of sp³-hybridized carbons (Fsp3) is 0.231. The molecule has 1 aromatic carbocycles. The quantitative estimate of drug-likeness (QED) is 0.786. The molecule has 16 heavy (non-hydrogen) atoms. The van der Waals surface area contributed by atoms with E-state index in [4.69, 9.17) is 21.8 Å². The summed E-state index contributed by atoms with van der Waals surface area (Å²) in [5, 5.41) is 18.3. The van der Waals surface area contributed by atoms with Crippen LogP contribution in [0.4, 0.5) is 0 Å². The monoisotopic (exact) mass is 236 g/mol. The molecular weight excluding hydrogens is 224 g/mol. The first-order chi connectivity index (χ1) is 7.76. The molecule has 0 aromatic heterocycles. The highest BCUT2D eigenvalue weighted by Crippen LogP contribution is 2.12. The van der Waals surface area contributed by atoms with Gasteiger partial charge in [0, 0.05) is 5.02 Å². The van der Waals surface area contributed by atoms with E-state index < -0.39 is 0 Å². The lowest BCUT2D eigenvalue weighted by atomic mass is 10.1. The van der Waals surface area contributed by atoms with Crippen molar-refractivity contribution in [3.63, 3.8) is 0 Å². The summed E-state index contributed by atoms with van der Waals surface area (Å²) in [4.78, 5) is 0. The van der Waals surface area contributed by atoms with Gasteiger partial charge in [-0.2, -0.15) is 0 Å². The summed E-state index contributed by atoms with van der Waals surface area (Å²) < 4.78 is 0. The van der Waals surface area contributed by atoms with Crippen molar-refractivity contribution in [1.29, 1.82) is 0 Å². The number of benzene rings is 1. The maximum atomic E-state index is 9.12. The first-order valence-electron chi connectivity index (χ1n) is 4.88. The first kappa shape index (κ1) is 12.8. The lowest BCUT2D eigenvalue weighted by molar-refractivity contribution is 0.328. The molecule has 0 unspecified atom stereocenters. The maximum Gasteiger partial charge on any atom is 0.104 e. The Morgan fingerprint density at radius 1 is 1.25 bits per heavy atom. The van der Waals surface area contributed by atoms with Crippen molar-refractivity contribution < 1.29 is 10.2 Å². The predicted octanol–water partition coefficient (Wildman–Crippen LogP) is 1.80. The van der Waals surface area contributed by atoms with Gasteiger partial charge in [0.1, 0.15) is 6.61 Å². The number of aliphatic hydroxyl groups excluding tert-OH is 2. The summed E-state index contributed by atoms with van der Waals surface area (Å²) in [6.45, 7) is -0.209. The smallest absolute Gasteiger partial charge is 0.104 e. The molecule has 1 rings (SSSR count). The Labute approximate surface area is 100 Å². The van der Waals surface area contributed by atoms with E-state index in [1.54, 1.807) is 6.08 Å². The zero-order chi connectivity index (χ0) is 11.8. The van der Waals surface area contributed by atoms with Crippen LogP contribution in [0.5, 0.6) is 0 Å². The minimum atomic E-state index is -0.170. The summed E-state index contributed by atoms with van der Waals surface area (Å²) in [6.07, 6.45) is 2.26. The molecular formula is C13H13ClO2. The van der Waals surface area contributed by atoms with Crippen LogP contribution in [0.1, 0.15) is 5.56 Å². The SMILES string of the molecule is OCC#C/C=C(/CO)Cc1ccc(Cl)cc1. The number of hydrogen-bond donors (Lipinski definition) is 2. The van der Waals surface area contributed by atoms with Gasteiger partial charge in [-0.3, -0.25) is 0 Å². The lowest BCUT2D eigenvalue weighted by Gasteiger charge is -2.02. The van der Waals surface area contributed by atoms with Crippen molar-refractivity contribution in [1.82, 2.24) is 0 Å². The number of aliphatic hydroxyl groups is 2. The first-order valence-corrected chi connectivity index (χ1v) is 5.26. The van der Waals surface area contributed by atoms with Gasteiger partial charge in [-0.25, -0.2) is 0 Å². The summed E-state index contributed by atoms with van der Waals surface area (Å²) in [5.41, 5.74) is 1.87. The van der Waals surface area contributed by atoms with E-state index in [0.717, 1.165) is 11.1 Å². The normalized spacial score (nSPS) is 10.8. The number of hydrogen-bond acceptors (Lipinski definition) is 2. The van der Waals surface area contributed by atoms with Gasteiger partial charge in [0.2, 0.25) is 0 Å². The largest absolute Gasteiger partial charge is 0.392 e. The second-order valence-corrected chi connectivity index (χ2v) is 3.68.